The zero-order chi connectivity index (χ0) is 14.8. The fourth-order valence-corrected chi connectivity index (χ4v) is 3.11. The first-order chi connectivity index (χ1) is 9.39. The largest absolute Gasteiger partial charge is 0.390 e. The van der Waals surface area contributed by atoms with Crippen LogP contribution in [0.2, 0.25) is 5.02 Å². The minimum Gasteiger partial charge on any atom is -0.390 e. The van der Waals surface area contributed by atoms with Gasteiger partial charge in [0, 0.05) is 15.5 Å². The molecule has 2 nitrogen and oxygen atoms in total. The maximum absolute atomic E-state index is 9.48. The van der Waals surface area contributed by atoms with Crippen LogP contribution in [0, 0.1) is 5.41 Å². The van der Waals surface area contributed by atoms with Crippen molar-refractivity contribution in [2.24, 2.45) is 5.41 Å². The third kappa shape index (κ3) is 4.05. The summed E-state index contributed by atoms with van der Waals surface area (Å²) in [5.74, 6) is 0. The van der Waals surface area contributed by atoms with E-state index in [4.69, 9.17) is 11.6 Å². The summed E-state index contributed by atoms with van der Waals surface area (Å²) in [4.78, 5) is 5.74. The van der Waals surface area contributed by atoms with Crippen molar-refractivity contribution in [3.05, 3.63) is 39.9 Å². The van der Waals surface area contributed by atoms with Gasteiger partial charge in [0.05, 0.1) is 12.3 Å². The molecular weight excluding hydrogens is 290 g/mol. The van der Waals surface area contributed by atoms with Gasteiger partial charge in [-0.15, -0.1) is 11.3 Å². The summed E-state index contributed by atoms with van der Waals surface area (Å²) in [5, 5.41) is 11.2. The van der Waals surface area contributed by atoms with Crippen LogP contribution in [-0.2, 0) is 13.0 Å². The maximum Gasteiger partial charge on any atom is 0.123 e. The van der Waals surface area contributed by atoms with Crippen molar-refractivity contribution in [2.45, 2.75) is 40.2 Å². The van der Waals surface area contributed by atoms with Crippen molar-refractivity contribution >= 4 is 22.9 Å². The first-order valence-corrected chi connectivity index (χ1v) is 7.94. The molecule has 1 N–H and O–H groups in total. The number of rotatable bonds is 4. The number of aromatic nitrogens is 1. The fraction of sp³-hybridized carbons (Fsp3) is 0.438. The van der Waals surface area contributed by atoms with E-state index in [1.807, 2.05) is 24.3 Å². The molecule has 1 aromatic carbocycles. The predicted molar refractivity (Wildman–Crippen MR) is 86.3 cm³/mol. The average Bonchev–Trinajstić information content (AvgIpc) is 2.79. The van der Waals surface area contributed by atoms with Crippen LogP contribution in [-0.4, -0.2) is 10.1 Å². The Labute approximate surface area is 129 Å². The highest BCUT2D eigenvalue weighted by atomic mass is 35.5. The summed E-state index contributed by atoms with van der Waals surface area (Å²) in [5.41, 5.74) is 2.15. The molecule has 0 fully saturated rings. The lowest BCUT2D eigenvalue weighted by atomic mass is 9.90. The molecule has 0 aliphatic carbocycles. The Morgan fingerprint density at radius 2 is 1.85 bits per heavy atom. The molecular formula is C16H20ClNOS. The van der Waals surface area contributed by atoms with Crippen LogP contribution in [0.15, 0.2) is 24.3 Å². The number of halogens is 1. The summed E-state index contributed by atoms with van der Waals surface area (Å²) in [7, 11) is 0. The number of aliphatic hydroxyl groups is 1. The van der Waals surface area contributed by atoms with Crippen LogP contribution in [0.5, 0.6) is 0 Å². The van der Waals surface area contributed by atoms with Crippen LogP contribution >= 0.6 is 22.9 Å². The van der Waals surface area contributed by atoms with Gasteiger partial charge in [-0.25, -0.2) is 4.98 Å². The molecule has 0 bridgehead atoms. The van der Waals surface area contributed by atoms with E-state index in [9.17, 15) is 5.11 Å². The molecule has 0 unspecified atom stereocenters. The number of benzene rings is 1. The summed E-state index contributed by atoms with van der Waals surface area (Å²) in [6.07, 6.45) is 2.05. The third-order valence-corrected chi connectivity index (χ3v) is 4.58. The van der Waals surface area contributed by atoms with Gasteiger partial charge >= 0.3 is 0 Å². The summed E-state index contributed by atoms with van der Waals surface area (Å²) >= 11 is 7.58. The molecule has 0 aliphatic heterocycles. The molecule has 0 aliphatic rings. The minimum atomic E-state index is 0.00354. The lowest BCUT2D eigenvalue weighted by Crippen LogP contribution is -2.06. The fourth-order valence-electron chi connectivity index (χ4n) is 1.91. The molecule has 0 radical (unpaired) electrons. The summed E-state index contributed by atoms with van der Waals surface area (Å²) < 4.78 is 0. The number of hydrogen-bond acceptors (Lipinski definition) is 3. The Bertz CT molecular complexity index is 569. The highest BCUT2D eigenvalue weighted by molar-refractivity contribution is 7.15. The molecule has 0 amide bonds. The lowest BCUT2D eigenvalue weighted by molar-refractivity contribution is 0.275. The van der Waals surface area contributed by atoms with E-state index in [0.29, 0.717) is 0 Å². The van der Waals surface area contributed by atoms with E-state index in [-0.39, 0.29) is 12.0 Å². The van der Waals surface area contributed by atoms with Gasteiger partial charge in [0.25, 0.3) is 0 Å². The molecule has 20 heavy (non-hydrogen) atoms. The van der Waals surface area contributed by atoms with Gasteiger partial charge in [-0.3, -0.25) is 0 Å². The van der Waals surface area contributed by atoms with Crippen molar-refractivity contribution in [1.29, 1.82) is 0 Å². The number of nitrogens with zero attached hydrogens (tertiary/aromatic N) is 1. The maximum atomic E-state index is 9.48. The van der Waals surface area contributed by atoms with E-state index < -0.39 is 0 Å². The first kappa shape index (κ1) is 15.5. The van der Waals surface area contributed by atoms with Crippen molar-refractivity contribution in [3.8, 4) is 10.6 Å². The number of aliphatic hydroxyl groups excluding tert-OH is 1. The Hall–Kier alpha value is -0.900. The second-order valence-corrected chi connectivity index (χ2v) is 7.63. The van der Waals surface area contributed by atoms with E-state index >= 15 is 0 Å². The zero-order valence-electron chi connectivity index (χ0n) is 12.1. The van der Waals surface area contributed by atoms with Gasteiger partial charge < -0.3 is 5.11 Å². The Morgan fingerprint density at radius 3 is 2.40 bits per heavy atom. The smallest absolute Gasteiger partial charge is 0.123 e. The number of thiazole rings is 1. The topological polar surface area (TPSA) is 33.1 Å². The quantitative estimate of drug-likeness (QED) is 0.868. The zero-order valence-corrected chi connectivity index (χ0v) is 13.7. The van der Waals surface area contributed by atoms with Gasteiger partial charge in [-0.05, 0) is 30.4 Å². The van der Waals surface area contributed by atoms with Crippen LogP contribution in [0.4, 0.5) is 0 Å². The van der Waals surface area contributed by atoms with E-state index in [1.165, 1.54) is 4.88 Å². The molecule has 0 saturated heterocycles. The normalized spacial score (nSPS) is 11.8. The summed E-state index contributed by atoms with van der Waals surface area (Å²) in [6.45, 7) is 6.69. The second-order valence-electron chi connectivity index (χ2n) is 6.11. The number of aryl methyl sites for hydroxylation is 1. The van der Waals surface area contributed by atoms with Crippen molar-refractivity contribution < 1.29 is 5.11 Å². The molecule has 108 valence electrons. The van der Waals surface area contributed by atoms with E-state index in [0.717, 1.165) is 34.1 Å². The Morgan fingerprint density at radius 1 is 1.20 bits per heavy atom. The van der Waals surface area contributed by atoms with Gasteiger partial charge in [0.2, 0.25) is 0 Å². The Kier molecular flexibility index (Phi) is 4.84. The standard InChI is InChI=1S/C16H20ClNOS/c1-16(2,3)9-8-14-13(10-19)18-15(20-14)11-4-6-12(17)7-5-11/h4-7,19H,8-10H2,1-3H3. The van der Waals surface area contributed by atoms with Crippen molar-refractivity contribution in [1.82, 2.24) is 4.98 Å². The number of hydrogen-bond donors (Lipinski definition) is 1. The third-order valence-electron chi connectivity index (χ3n) is 3.12. The van der Waals surface area contributed by atoms with Crippen LogP contribution in [0.25, 0.3) is 10.6 Å². The molecule has 0 atom stereocenters. The van der Waals surface area contributed by atoms with Crippen LogP contribution in [0.1, 0.15) is 37.8 Å². The summed E-state index contributed by atoms with van der Waals surface area (Å²) in [6, 6.07) is 7.67. The van der Waals surface area contributed by atoms with Gasteiger partial charge in [0.15, 0.2) is 0 Å². The predicted octanol–water partition coefficient (Wildman–Crippen LogP) is 4.93. The average molecular weight is 310 g/mol. The molecule has 1 heterocycles. The highest BCUT2D eigenvalue weighted by Gasteiger charge is 2.16. The van der Waals surface area contributed by atoms with Crippen molar-refractivity contribution in [3.63, 3.8) is 0 Å². The van der Waals surface area contributed by atoms with Gasteiger partial charge in [-0.1, -0.05) is 44.5 Å². The Balaban J connectivity index is 2.24. The van der Waals surface area contributed by atoms with E-state index in [2.05, 4.69) is 25.8 Å². The first-order valence-electron chi connectivity index (χ1n) is 6.74. The monoisotopic (exact) mass is 309 g/mol. The molecule has 2 aromatic rings. The molecule has 0 saturated carbocycles. The SMILES string of the molecule is CC(C)(C)CCc1sc(-c2ccc(Cl)cc2)nc1CO. The van der Waals surface area contributed by atoms with Crippen LogP contribution in [0.3, 0.4) is 0 Å². The molecule has 0 spiro atoms. The highest BCUT2D eigenvalue weighted by Crippen LogP contribution is 2.32. The minimum absolute atomic E-state index is 0.00354. The molecule has 1 aromatic heterocycles. The second kappa shape index (κ2) is 6.25. The molecule has 2 rings (SSSR count). The van der Waals surface area contributed by atoms with Gasteiger partial charge in [-0.2, -0.15) is 0 Å². The van der Waals surface area contributed by atoms with E-state index in [1.54, 1.807) is 11.3 Å². The van der Waals surface area contributed by atoms with Crippen molar-refractivity contribution in [2.75, 3.05) is 0 Å². The lowest BCUT2D eigenvalue weighted by Gasteiger charge is -2.17. The van der Waals surface area contributed by atoms with Crippen LogP contribution < -0.4 is 0 Å². The molecule has 4 heteroatoms. The van der Waals surface area contributed by atoms with Gasteiger partial charge in [0.1, 0.15) is 5.01 Å².